The molecule has 31 heavy (non-hydrogen) atoms. The quantitative estimate of drug-likeness (QED) is 0.770. The van der Waals surface area contributed by atoms with Crippen LogP contribution in [0, 0.1) is 0 Å². The molecule has 0 aromatic carbocycles. The van der Waals surface area contributed by atoms with Crippen molar-refractivity contribution in [2.24, 2.45) is 0 Å². The van der Waals surface area contributed by atoms with E-state index in [0.29, 0.717) is 25.6 Å². The van der Waals surface area contributed by atoms with E-state index in [-0.39, 0.29) is 23.4 Å². The zero-order valence-corrected chi connectivity index (χ0v) is 16.2. The van der Waals surface area contributed by atoms with Crippen molar-refractivity contribution < 1.29 is 37.3 Å². The Kier molecular flexibility index (Phi) is 6.68. The number of carboxylic acid groups (broad SMARTS) is 1. The Balaban J connectivity index is 0.000000339. The molecular weight excluding hydrogens is 421 g/mol. The standard InChI is InChI=1S/C17H18N4O3.C2HF3O2/c22-16(15-19-7-3-8-20-15)21-11-17(12-21)10-13(5-9-23-17)24-14-4-1-2-6-18-14;3-2(4,5)1(6)7/h1-4,6-8,13H,5,9-12H2;(H,6,7). The van der Waals surface area contributed by atoms with Crippen molar-refractivity contribution >= 4 is 11.9 Å². The molecule has 0 bridgehead atoms. The molecule has 2 aliphatic heterocycles. The lowest BCUT2D eigenvalue weighted by atomic mass is 9.84. The lowest BCUT2D eigenvalue weighted by molar-refractivity contribution is -0.192. The number of nitrogens with zero attached hydrogens (tertiary/aromatic N) is 4. The Labute approximate surface area is 174 Å². The van der Waals surface area contributed by atoms with Gasteiger partial charge in [0.1, 0.15) is 11.7 Å². The van der Waals surface area contributed by atoms with Crippen LogP contribution in [0.2, 0.25) is 0 Å². The van der Waals surface area contributed by atoms with Crippen molar-refractivity contribution in [3.05, 3.63) is 48.7 Å². The summed E-state index contributed by atoms with van der Waals surface area (Å²) in [5.41, 5.74) is -0.317. The number of hydrogen-bond acceptors (Lipinski definition) is 7. The summed E-state index contributed by atoms with van der Waals surface area (Å²) in [4.78, 5) is 35.2. The van der Waals surface area contributed by atoms with Crippen LogP contribution in [0.4, 0.5) is 13.2 Å². The minimum absolute atomic E-state index is 0.0545. The summed E-state index contributed by atoms with van der Waals surface area (Å²) in [7, 11) is 0. The molecule has 9 nitrogen and oxygen atoms in total. The van der Waals surface area contributed by atoms with Crippen LogP contribution in [0.3, 0.4) is 0 Å². The summed E-state index contributed by atoms with van der Waals surface area (Å²) < 4.78 is 43.6. The Hall–Kier alpha value is -3.28. The summed E-state index contributed by atoms with van der Waals surface area (Å²) in [6.07, 6.45) is 1.41. The summed E-state index contributed by atoms with van der Waals surface area (Å²) in [6, 6.07) is 7.31. The Bertz CT molecular complexity index is 892. The summed E-state index contributed by atoms with van der Waals surface area (Å²) >= 11 is 0. The molecule has 1 spiro atoms. The molecule has 2 aromatic heterocycles. The normalized spacial score (nSPS) is 19.6. The molecule has 0 aliphatic carbocycles. The lowest BCUT2D eigenvalue weighted by Crippen LogP contribution is -2.67. The van der Waals surface area contributed by atoms with E-state index in [1.807, 2.05) is 18.2 Å². The highest BCUT2D eigenvalue weighted by molar-refractivity contribution is 5.91. The molecule has 2 aromatic rings. The number of halogens is 3. The van der Waals surface area contributed by atoms with Gasteiger partial charge in [0.05, 0.1) is 19.7 Å². The molecule has 2 aliphatic rings. The fourth-order valence-corrected chi connectivity index (χ4v) is 3.24. The van der Waals surface area contributed by atoms with Crippen molar-refractivity contribution in [2.75, 3.05) is 19.7 Å². The van der Waals surface area contributed by atoms with Gasteiger partial charge in [0.2, 0.25) is 11.7 Å². The number of aliphatic carboxylic acids is 1. The van der Waals surface area contributed by atoms with Crippen LogP contribution in [-0.2, 0) is 9.53 Å². The molecule has 0 radical (unpaired) electrons. The Morgan fingerprint density at radius 3 is 2.35 bits per heavy atom. The number of aromatic nitrogens is 3. The second kappa shape index (κ2) is 9.25. The third kappa shape index (κ3) is 5.87. The van der Waals surface area contributed by atoms with Gasteiger partial charge in [0.15, 0.2) is 0 Å². The molecule has 1 amide bonds. The van der Waals surface area contributed by atoms with Crippen molar-refractivity contribution in [3.63, 3.8) is 0 Å². The molecule has 2 fully saturated rings. The number of hydrogen-bond donors (Lipinski definition) is 1. The molecule has 1 atom stereocenters. The van der Waals surface area contributed by atoms with Gasteiger partial charge < -0.3 is 19.5 Å². The second-order valence-corrected chi connectivity index (χ2v) is 6.97. The average Bonchev–Trinajstić information content (AvgIpc) is 2.73. The fraction of sp³-hybridized carbons (Fsp3) is 0.421. The number of carboxylic acids is 1. The number of alkyl halides is 3. The van der Waals surface area contributed by atoms with Gasteiger partial charge >= 0.3 is 12.1 Å². The van der Waals surface area contributed by atoms with Crippen molar-refractivity contribution in [1.29, 1.82) is 0 Å². The topological polar surface area (TPSA) is 115 Å². The van der Waals surface area contributed by atoms with E-state index in [4.69, 9.17) is 19.4 Å². The van der Waals surface area contributed by atoms with Crippen molar-refractivity contribution in [2.45, 2.75) is 30.7 Å². The predicted molar refractivity (Wildman–Crippen MR) is 98.2 cm³/mol. The van der Waals surface area contributed by atoms with Gasteiger partial charge in [-0.3, -0.25) is 4.79 Å². The van der Waals surface area contributed by atoms with Crippen LogP contribution in [-0.4, -0.2) is 74.4 Å². The third-order valence-corrected chi connectivity index (χ3v) is 4.62. The van der Waals surface area contributed by atoms with Crippen LogP contribution in [0.15, 0.2) is 42.9 Å². The maximum absolute atomic E-state index is 12.3. The first-order chi connectivity index (χ1) is 14.7. The molecule has 4 heterocycles. The average molecular weight is 440 g/mol. The SMILES string of the molecule is O=C(O)C(F)(F)F.O=C(c1ncccn1)N1CC2(CC(Oc3ccccn3)CCO2)C1. The zero-order chi connectivity index (χ0) is 22.5. The van der Waals surface area contributed by atoms with E-state index in [0.717, 1.165) is 12.8 Å². The highest BCUT2D eigenvalue weighted by Gasteiger charge is 2.50. The number of likely N-dealkylation sites (tertiary alicyclic amines) is 1. The Morgan fingerprint density at radius 2 is 1.77 bits per heavy atom. The molecule has 12 heteroatoms. The van der Waals surface area contributed by atoms with Gasteiger partial charge in [0.25, 0.3) is 5.91 Å². The molecular formula is C19H19F3N4O5. The number of pyridine rings is 1. The minimum Gasteiger partial charge on any atom is -0.475 e. The number of amides is 1. The first-order valence-corrected chi connectivity index (χ1v) is 9.27. The first kappa shape index (κ1) is 22.4. The molecule has 166 valence electrons. The molecule has 0 saturated carbocycles. The molecule has 1 unspecified atom stereocenters. The third-order valence-electron chi connectivity index (χ3n) is 4.62. The van der Waals surface area contributed by atoms with Crippen LogP contribution in [0.25, 0.3) is 0 Å². The number of ether oxygens (including phenoxy) is 2. The summed E-state index contributed by atoms with van der Waals surface area (Å²) in [5, 5.41) is 7.12. The number of rotatable bonds is 3. The van der Waals surface area contributed by atoms with Gasteiger partial charge in [-0.2, -0.15) is 13.2 Å². The maximum atomic E-state index is 12.3. The van der Waals surface area contributed by atoms with E-state index >= 15 is 0 Å². The second-order valence-electron chi connectivity index (χ2n) is 6.97. The van der Waals surface area contributed by atoms with Gasteiger partial charge in [-0.15, -0.1) is 0 Å². The summed E-state index contributed by atoms with van der Waals surface area (Å²) in [6.45, 7) is 1.72. The van der Waals surface area contributed by atoms with Gasteiger partial charge in [-0.1, -0.05) is 6.07 Å². The van der Waals surface area contributed by atoms with Gasteiger partial charge in [-0.05, 0) is 12.1 Å². The molecule has 4 rings (SSSR count). The van der Waals surface area contributed by atoms with Gasteiger partial charge in [0, 0.05) is 37.5 Å². The predicted octanol–water partition coefficient (Wildman–Crippen LogP) is 1.96. The smallest absolute Gasteiger partial charge is 0.475 e. The van der Waals surface area contributed by atoms with Crippen molar-refractivity contribution in [3.8, 4) is 5.88 Å². The van der Waals surface area contributed by atoms with Crippen LogP contribution >= 0.6 is 0 Å². The maximum Gasteiger partial charge on any atom is 0.490 e. The molecule has 2 saturated heterocycles. The van der Waals surface area contributed by atoms with E-state index in [1.165, 1.54) is 0 Å². The van der Waals surface area contributed by atoms with E-state index in [9.17, 15) is 18.0 Å². The first-order valence-electron chi connectivity index (χ1n) is 9.27. The summed E-state index contributed by atoms with van der Waals surface area (Å²) in [5.74, 6) is -2.06. The van der Waals surface area contributed by atoms with E-state index < -0.39 is 12.1 Å². The van der Waals surface area contributed by atoms with E-state index in [1.54, 1.807) is 29.6 Å². The molecule has 1 N–H and O–H groups in total. The van der Waals surface area contributed by atoms with Crippen LogP contribution < -0.4 is 4.74 Å². The lowest BCUT2D eigenvalue weighted by Gasteiger charge is -2.52. The highest BCUT2D eigenvalue weighted by Crippen LogP contribution is 2.36. The number of carbonyl (C=O) groups is 2. The largest absolute Gasteiger partial charge is 0.490 e. The fourth-order valence-electron chi connectivity index (χ4n) is 3.24. The van der Waals surface area contributed by atoms with Crippen LogP contribution in [0.1, 0.15) is 23.5 Å². The van der Waals surface area contributed by atoms with Crippen molar-refractivity contribution in [1.82, 2.24) is 19.9 Å². The van der Waals surface area contributed by atoms with Crippen LogP contribution in [0.5, 0.6) is 5.88 Å². The minimum atomic E-state index is -5.08. The number of carbonyl (C=O) groups excluding carboxylic acids is 1. The Morgan fingerprint density at radius 1 is 1.13 bits per heavy atom. The monoisotopic (exact) mass is 440 g/mol. The van der Waals surface area contributed by atoms with Gasteiger partial charge in [-0.25, -0.2) is 19.7 Å². The zero-order valence-electron chi connectivity index (χ0n) is 16.2. The van der Waals surface area contributed by atoms with E-state index in [2.05, 4.69) is 15.0 Å². The highest BCUT2D eigenvalue weighted by atomic mass is 19.4.